The molecule has 1 aromatic rings. The van der Waals surface area contributed by atoms with E-state index in [9.17, 15) is 0 Å². The van der Waals surface area contributed by atoms with Crippen LogP contribution in [0.1, 0.15) is 12.5 Å². The predicted octanol–water partition coefficient (Wildman–Crippen LogP) is 3.01. The summed E-state index contributed by atoms with van der Waals surface area (Å²) < 4.78 is 5.56. The van der Waals surface area contributed by atoms with E-state index in [4.69, 9.17) is 16.3 Å². The van der Waals surface area contributed by atoms with Crippen LogP contribution in [0.25, 0.3) is 0 Å². The molecule has 82 valence electrons. The standard InChI is InChI=1S/C12H16ClNO/c1-4-9(2)15-12-6-5-10(8-14-3)7-11(12)13/h4-7,9,14H,1,8H2,2-3H3. The van der Waals surface area contributed by atoms with Crippen LogP contribution >= 0.6 is 11.6 Å². The highest BCUT2D eigenvalue weighted by Crippen LogP contribution is 2.26. The molecular formula is C12H16ClNO. The fourth-order valence-electron chi connectivity index (χ4n) is 1.20. The Morgan fingerprint density at radius 2 is 2.33 bits per heavy atom. The summed E-state index contributed by atoms with van der Waals surface area (Å²) in [7, 11) is 1.90. The van der Waals surface area contributed by atoms with Crippen molar-refractivity contribution in [2.24, 2.45) is 0 Å². The molecule has 1 unspecified atom stereocenters. The van der Waals surface area contributed by atoms with Gasteiger partial charge in [-0.1, -0.05) is 30.3 Å². The summed E-state index contributed by atoms with van der Waals surface area (Å²) in [5.74, 6) is 0.698. The average Bonchev–Trinajstić information content (AvgIpc) is 2.22. The molecule has 15 heavy (non-hydrogen) atoms. The van der Waals surface area contributed by atoms with Crippen molar-refractivity contribution in [3.8, 4) is 5.75 Å². The molecule has 1 N–H and O–H groups in total. The first kappa shape index (κ1) is 12.1. The lowest BCUT2D eigenvalue weighted by atomic mass is 10.2. The van der Waals surface area contributed by atoms with E-state index in [-0.39, 0.29) is 6.10 Å². The molecular weight excluding hydrogens is 210 g/mol. The lowest BCUT2D eigenvalue weighted by Gasteiger charge is -2.12. The fourth-order valence-corrected chi connectivity index (χ4v) is 1.45. The van der Waals surface area contributed by atoms with Crippen molar-refractivity contribution in [3.63, 3.8) is 0 Å². The van der Waals surface area contributed by atoms with E-state index < -0.39 is 0 Å². The molecule has 3 heteroatoms. The van der Waals surface area contributed by atoms with Crippen molar-refractivity contribution in [1.29, 1.82) is 0 Å². The van der Waals surface area contributed by atoms with Crippen molar-refractivity contribution in [2.45, 2.75) is 19.6 Å². The molecule has 0 amide bonds. The van der Waals surface area contributed by atoms with E-state index in [1.165, 1.54) is 0 Å². The maximum atomic E-state index is 6.08. The molecule has 0 aliphatic heterocycles. The molecule has 0 bridgehead atoms. The third-order valence-electron chi connectivity index (χ3n) is 2.02. The Morgan fingerprint density at radius 3 is 2.87 bits per heavy atom. The van der Waals surface area contributed by atoms with Crippen LogP contribution in [0.3, 0.4) is 0 Å². The molecule has 1 rings (SSSR count). The van der Waals surface area contributed by atoms with E-state index in [1.807, 2.05) is 32.2 Å². The third kappa shape index (κ3) is 3.57. The summed E-state index contributed by atoms with van der Waals surface area (Å²) in [4.78, 5) is 0. The van der Waals surface area contributed by atoms with Crippen molar-refractivity contribution >= 4 is 11.6 Å². The zero-order chi connectivity index (χ0) is 11.3. The van der Waals surface area contributed by atoms with Crippen LogP contribution in [0.4, 0.5) is 0 Å². The van der Waals surface area contributed by atoms with E-state index in [1.54, 1.807) is 6.08 Å². The Balaban J connectivity index is 2.78. The van der Waals surface area contributed by atoms with E-state index in [0.29, 0.717) is 10.8 Å². The van der Waals surface area contributed by atoms with Gasteiger partial charge in [-0.2, -0.15) is 0 Å². The Morgan fingerprint density at radius 1 is 1.60 bits per heavy atom. The minimum absolute atomic E-state index is 0.0300. The number of hydrogen-bond donors (Lipinski definition) is 1. The summed E-state index contributed by atoms with van der Waals surface area (Å²) in [6.45, 7) is 6.38. The number of ether oxygens (including phenoxy) is 1. The van der Waals surface area contributed by atoms with Gasteiger partial charge >= 0.3 is 0 Å². The van der Waals surface area contributed by atoms with E-state index in [0.717, 1.165) is 12.1 Å². The smallest absolute Gasteiger partial charge is 0.138 e. The van der Waals surface area contributed by atoms with Crippen LogP contribution < -0.4 is 10.1 Å². The zero-order valence-electron chi connectivity index (χ0n) is 9.09. The van der Waals surface area contributed by atoms with Crippen LogP contribution in [0.5, 0.6) is 5.75 Å². The van der Waals surface area contributed by atoms with Crippen molar-refractivity contribution in [2.75, 3.05) is 7.05 Å². The van der Waals surface area contributed by atoms with Crippen molar-refractivity contribution in [3.05, 3.63) is 41.4 Å². The number of halogens is 1. The number of rotatable bonds is 5. The lowest BCUT2D eigenvalue weighted by molar-refractivity contribution is 0.270. The molecule has 0 radical (unpaired) electrons. The van der Waals surface area contributed by atoms with Gasteiger partial charge in [0.05, 0.1) is 5.02 Å². The van der Waals surface area contributed by atoms with Crippen molar-refractivity contribution in [1.82, 2.24) is 5.32 Å². The first-order valence-corrected chi connectivity index (χ1v) is 5.27. The monoisotopic (exact) mass is 225 g/mol. The highest BCUT2D eigenvalue weighted by molar-refractivity contribution is 6.32. The maximum absolute atomic E-state index is 6.08. The molecule has 0 spiro atoms. The average molecular weight is 226 g/mol. The van der Waals surface area contributed by atoms with Gasteiger partial charge in [-0.15, -0.1) is 0 Å². The van der Waals surface area contributed by atoms with Crippen LogP contribution in [0.15, 0.2) is 30.9 Å². The molecule has 0 saturated heterocycles. The lowest BCUT2D eigenvalue weighted by Crippen LogP contribution is -2.08. The molecule has 0 aliphatic rings. The normalized spacial score (nSPS) is 12.2. The minimum Gasteiger partial charge on any atom is -0.485 e. The topological polar surface area (TPSA) is 21.3 Å². The molecule has 0 saturated carbocycles. The Bertz CT molecular complexity index is 338. The summed E-state index contributed by atoms with van der Waals surface area (Å²) in [6, 6.07) is 5.78. The van der Waals surface area contributed by atoms with Gasteiger partial charge in [-0.25, -0.2) is 0 Å². The van der Waals surface area contributed by atoms with Crippen LogP contribution in [-0.4, -0.2) is 13.2 Å². The first-order valence-electron chi connectivity index (χ1n) is 4.89. The van der Waals surface area contributed by atoms with Crippen LogP contribution in [-0.2, 0) is 6.54 Å². The van der Waals surface area contributed by atoms with Crippen molar-refractivity contribution < 1.29 is 4.74 Å². The molecule has 1 atom stereocenters. The number of benzene rings is 1. The minimum atomic E-state index is -0.0300. The second kappa shape index (κ2) is 5.79. The highest BCUT2D eigenvalue weighted by Gasteiger charge is 2.05. The van der Waals surface area contributed by atoms with E-state index in [2.05, 4.69) is 11.9 Å². The van der Waals surface area contributed by atoms with Gasteiger partial charge in [0.2, 0.25) is 0 Å². The molecule has 0 heterocycles. The quantitative estimate of drug-likeness (QED) is 0.778. The summed E-state index contributed by atoms with van der Waals surface area (Å²) >= 11 is 6.08. The second-order valence-electron chi connectivity index (χ2n) is 3.35. The van der Waals surface area contributed by atoms with Crippen LogP contribution in [0, 0.1) is 0 Å². The Kier molecular flexibility index (Phi) is 4.66. The summed E-state index contributed by atoms with van der Waals surface area (Å²) in [5.41, 5.74) is 1.14. The molecule has 2 nitrogen and oxygen atoms in total. The SMILES string of the molecule is C=CC(C)Oc1ccc(CNC)cc1Cl. The fraction of sp³-hybridized carbons (Fsp3) is 0.333. The first-order chi connectivity index (χ1) is 7.17. The van der Waals surface area contributed by atoms with Gasteiger partial charge in [0.1, 0.15) is 11.9 Å². The number of hydrogen-bond acceptors (Lipinski definition) is 2. The van der Waals surface area contributed by atoms with Crippen LogP contribution in [0.2, 0.25) is 5.02 Å². The number of nitrogens with one attached hydrogen (secondary N) is 1. The summed E-state index contributed by atoms with van der Waals surface area (Å²) in [5, 5.41) is 3.70. The second-order valence-corrected chi connectivity index (χ2v) is 3.76. The van der Waals surface area contributed by atoms with Gasteiger partial charge in [-0.3, -0.25) is 0 Å². The van der Waals surface area contributed by atoms with Gasteiger partial charge in [0, 0.05) is 6.54 Å². The molecule has 0 fully saturated rings. The van der Waals surface area contributed by atoms with Gasteiger partial charge in [-0.05, 0) is 31.7 Å². The van der Waals surface area contributed by atoms with Gasteiger partial charge in [0.15, 0.2) is 0 Å². The van der Waals surface area contributed by atoms with E-state index >= 15 is 0 Å². The predicted molar refractivity (Wildman–Crippen MR) is 64.5 cm³/mol. The third-order valence-corrected chi connectivity index (χ3v) is 2.32. The molecule has 0 aliphatic carbocycles. The largest absolute Gasteiger partial charge is 0.485 e. The zero-order valence-corrected chi connectivity index (χ0v) is 9.84. The summed E-state index contributed by atoms with van der Waals surface area (Å²) in [6.07, 6.45) is 1.70. The molecule has 0 aromatic heterocycles. The highest BCUT2D eigenvalue weighted by atomic mass is 35.5. The van der Waals surface area contributed by atoms with Gasteiger partial charge in [0.25, 0.3) is 0 Å². The Labute approximate surface area is 95.9 Å². The Hall–Kier alpha value is -0.990. The maximum Gasteiger partial charge on any atom is 0.138 e. The molecule has 1 aromatic carbocycles. The van der Waals surface area contributed by atoms with Gasteiger partial charge < -0.3 is 10.1 Å².